The van der Waals surface area contributed by atoms with E-state index >= 15 is 0 Å². The van der Waals surface area contributed by atoms with Crippen LogP contribution in [0.3, 0.4) is 0 Å². The van der Waals surface area contributed by atoms with Gasteiger partial charge in [0, 0.05) is 11.8 Å². The fraction of sp³-hybridized carbons (Fsp3) is 0.0769. The summed E-state index contributed by atoms with van der Waals surface area (Å²) in [5, 5.41) is 3.04. The van der Waals surface area contributed by atoms with Gasteiger partial charge in [-0.15, -0.1) is 0 Å². The molecular weight excluding hydrogens is 235 g/mol. The number of nitrogens with two attached hydrogens (primary N) is 1. The SMILES string of the molecule is Nc1ccc(F)cc1Nc1ccc2c(c1)OCO2. The van der Waals surface area contributed by atoms with E-state index in [-0.39, 0.29) is 12.6 Å². The van der Waals surface area contributed by atoms with Gasteiger partial charge in [-0.25, -0.2) is 4.39 Å². The van der Waals surface area contributed by atoms with Crippen molar-refractivity contribution in [3.05, 3.63) is 42.2 Å². The summed E-state index contributed by atoms with van der Waals surface area (Å²) in [7, 11) is 0. The number of ether oxygens (including phenoxy) is 2. The summed E-state index contributed by atoms with van der Waals surface area (Å²) in [4.78, 5) is 0. The molecule has 92 valence electrons. The predicted octanol–water partition coefficient (Wildman–Crippen LogP) is 2.88. The van der Waals surface area contributed by atoms with Crippen LogP contribution in [0.15, 0.2) is 36.4 Å². The molecular formula is C13H11FN2O2. The van der Waals surface area contributed by atoms with Crippen LogP contribution in [0.4, 0.5) is 21.5 Å². The van der Waals surface area contributed by atoms with Gasteiger partial charge < -0.3 is 20.5 Å². The van der Waals surface area contributed by atoms with Crippen molar-refractivity contribution in [3.8, 4) is 11.5 Å². The molecule has 18 heavy (non-hydrogen) atoms. The molecule has 3 N–H and O–H groups in total. The standard InChI is InChI=1S/C13H11FN2O2/c14-8-1-3-10(15)11(5-8)16-9-2-4-12-13(6-9)18-7-17-12/h1-6,16H,7,15H2. The van der Waals surface area contributed by atoms with Crippen molar-refractivity contribution in [1.29, 1.82) is 0 Å². The highest BCUT2D eigenvalue weighted by Gasteiger charge is 2.13. The van der Waals surface area contributed by atoms with Crippen LogP contribution in [0.1, 0.15) is 0 Å². The maximum atomic E-state index is 13.1. The fourth-order valence-corrected chi connectivity index (χ4v) is 1.77. The van der Waals surface area contributed by atoms with Gasteiger partial charge in [0.25, 0.3) is 0 Å². The summed E-state index contributed by atoms with van der Waals surface area (Å²) in [6.07, 6.45) is 0. The van der Waals surface area contributed by atoms with Crippen molar-refractivity contribution >= 4 is 17.1 Å². The monoisotopic (exact) mass is 246 g/mol. The Morgan fingerprint density at radius 2 is 1.89 bits per heavy atom. The van der Waals surface area contributed by atoms with Gasteiger partial charge in [0.1, 0.15) is 5.82 Å². The van der Waals surface area contributed by atoms with Crippen LogP contribution in [0, 0.1) is 5.82 Å². The number of halogens is 1. The van der Waals surface area contributed by atoms with E-state index < -0.39 is 0 Å². The zero-order valence-electron chi connectivity index (χ0n) is 9.44. The van der Waals surface area contributed by atoms with E-state index in [4.69, 9.17) is 15.2 Å². The van der Waals surface area contributed by atoms with Gasteiger partial charge in [-0.3, -0.25) is 0 Å². The first-order chi connectivity index (χ1) is 8.72. The van der Waals surface area contributed by atoms with Gasteiger partial charge in [-0.05, 0) is 30.3 Å². The minimum atomic E-state index is -0.340. The van der Waals surface area contributed by atoms with Crippen LogP contribution in [-0.4, -0.2) is 6.79 Å². The second-order valence-electron chi connectivity index (χ2n) is 3.92. The molecule has 5 heteroatoms. The largest absolute Gasteiger partial charge is 0.454 e. The third-order valence-corrected chi connectivity index (χ3v) is 2.67. The van der Waals surface area contributed by atoms with Crippen LogP contribution >= 0.6 is 0 Å². The van der Waals surface area contributed by atoms with Crippen LogP contribution in [0.2, 0.25) is 0 Å². The molecule has 2 aromatic rings. The van der Waals surface area contributed by atoms with Crippen molar-refractivity contribution in [3.63, 3.8) is 0 Å². The minimum absolute atomic E-state index is 0.223. The molecule has 3 rings (SSSR count). The van der Waals surface area contributed by atoms with Crippen LogP contribution in [-0.2, 0) is 0 Å². The van der Waals surface area contributed by atoms with Gasteiger partial charge in [-0.2, -0.15) is 0 Å². The highest BCUT2D eigenvalue weighted by atomic mass is 19.1. The molecule has 0 saturated carbocycles. The number of nitrogen functional groups attached to an aromatic ring is 1. The van der Waals surface area contributed by atoms with E-state index in [1.54, 1.807) is 12.1 Å². The van der Waals surface area contributed by atoms with Gasteiger partial charge in [0.05, 0.1) is 11.4 Å². The van der Waals surface area contributed by atoms with Crippen molar-refractivity contribution in [2.75, 3.05) is 17.8 Å². The summed E-state index contributed by atoms with van der Waals surface area (Å²) < 4.78 is 23.6. The molecule has 0 fully saturated rings. The first-order valence-corrected chi connectivity index (χ1v) is 5.44. The zero-order valence-corrected chi connectivity index (χ0v) is 9.44. The second-order valence-corrected chi connectivity index (χ2v) is 3.92. The lowest BCUT2D eigenvalue weighted by atomic mass is 10.2. The number of hydrogen-bond donors (Lipinski definition) is 2. The van der Waals surface area contributed by atoms with Gasteiger partial charge in [-0.1, -0.05) is 0 Å². The molecule has 0 spiro atoms. The molecule has 4 nitrogen and oxygen atoms in total. The maximum absolute atomic E-state index is 13.1. The van der Waals surface area contributed by atoms with E-state index in [2.05, 4.69) is 5.32 Å². The Balaban J connectivity index is 1.90. The Bertz CT molecular complexity index is 602. The number of benzene rings is 2. The van der Waals surface area contributed by atoms with Crippen molar-refractivity contribution in [2.45, 2.75) is 0 Å². The van der Waals surface area contributed by atoms with Crippen molar-refractivity contribution < 1.29 is 13.9 Å². The first kappa shape index (κ1) is 10.7. The fourth-order valence-electron chi connectivity index (χ4n) is 1.77. The average molecular weight is 246 g/mol. The third-order valence-electron chi connectivity index (χ3n) is 2.67. The van der Waals surface area contributed by atoms with Gasteiger partial charge in [0.2, 0.25) is 6.79 Å². The average Bonchev–Trinajstić information content (AvgIpc) is 2.81. The summed E-state index contributed by atoms with van der Waals surface area (Å²) in [5.41, 5.74) is 7.53. The maximum Gasteiger partial charge on any atom is 0.231 e. The molecule has 0 bridgehead atoms. The molecule has 0 aromatic heterocycles. The zero-order chi connectivity index (χ0) is 12.5. The van der Waals surface area contributed by atoms with Gasteiger partial charge >= 0.3 is 0 Å². The summed E-state index contributed by atoms with van der Waals surface area (Å²) in [6, 6.07) is 9.58. The topological polar surface area (TPSA) is 56.5 Å². The van der Waals surface area contributed by atoms with E-state index in [1.807, 2.05) is 6.07 Å². The lowest BCUT2D eigenvalue weighted by Gasteiger charge is -2.09. The molecule has 0 unspecified atom stereocenters. The molecule has 1 heterocycles. The van der Waals surface area contributed by atoms with Crippen molar-refractivity contribution in [2.24, 2.45) is 0 Å². The summed E-state index contributed by atoms with van der Waals surface area (Å²) in [5.74, 6) is 1.02. The third kappa shape index (κ3) is 1.90. The van der Waals surface area contributed by atoms with E-state index in [9.17, 15) is 4.39 Å². The molecule has 0 saturated heterocycles. The minimum Gasteiger partial charge on any atom is -0.454 e. The summed E-state index contributed by atoms with van der Waals surface area (Å²) in [6.45, 7) is 0.223. The lowest BCUT2D eigenvalue weighted by Crippen LogP contribution is -1.97. The highest BCUT2D eigenvalue weighted by molar-refractivity contribution is 5.73. The molecule has 0 atom stereocenters. The normalized spacial score (nSPS) is 12.5. The first-order valence-electron chi connectivity index (χ1n) is 5.44. The molecule has 0 radical (unpaired) electrons. The predicted molar refractivity (Wildman–Crippen MR) is 66.7 cm³/mol. The van der Waals surface area contributed by atoms with Gasteiger partial charge in [0.15, 0.2) is 11.5 Å². The molecule has 0 aliphatic carbocycles. The Kier molecular flexibility index (Phi) is 2.44. The Hall–Kier alpha value is -2.43. The molecule has 1 aliphatic heterocycles. The quantitative estimate of drug-likeness (QED) is 0.800. The number of anilines is 3. The number of hydrogen-bond acceptors (Lipinski definition) is 4. The van der Waals surface area contributed by atoms with Crippen molar-refractivity contribution in [1.82, 2.24) is 0 Å². The van der Waals surface area contributed by atoms with E-state index in [1.165, 1.54) is 18.2 Å². The smallest absolute Gasteiger partial charge is 0.231 e. The van der Waals surface area contributed by atoms with Crippen LogP contribution in [0.5, 0.6) is 11.5 Å². The molecule has 1 aliphatic rings. The second kappa shape index (κ2) is 4.10. The van der Waals surface area contributed by atoms with Crippen LogP contribution < -0.4 is 20.5 Å². The number of rotatable bonds is 2. The highest BCUT2D eigenvalue weighted by Crippen LogP contribution is 2.35. The van der Waals surface area contributed by atoms with Crippen LogP contribution in [0.25, 0.3) is 0 Å². The Labute approximate surface area is 103 Å². The lowest BCUT2D eigenvalue weighted by molar-refractivity contribution is 0.174. The van der Waals surface area contributed by atoms with E-state index in [0.717, 1.165) is 5.69 Å². The number of fused-ring (bicyclic) bond motifs is 1. The van der Waals surface area contributed by atoms with E-state index in [0.29, 0.717) is 22.9 Å². The Morgan fingerprint density at radius 3 is 2.78 bits per heavy atom. The Morgan fingerprint density at radius 1 is 1.06 bits per heavy atom. The molecule has 2 aromatic carbocycles. The number of nitrogens with one attached hydrogen (secondary N) is 1. The summed E-state index contributed by atoms with van der Waals surface area (Å²) >= 11 is 0. The molecule has 0 amide bonds.